The molecule has 0 aliphatic carbocycles. The van der Waals surface area contributed by atoms with Gasteiger partial charge in [0.25, 0.3) is 0 Å². The lowest BCUT2D eigenvalue weighted by atomic mass is 10.1. The Balaban J connectivity index is 3.29. The maximum absolute atomic E-state index is 12.3. The predicted molar refractivity (Wildman–Crippen MR) is 77.5 cm³/mol. The van der Waals surface area contributed by atoms with Gasteiger partial charge in [0.05, 0.1) is 17.1 Å². The van der Waals surface area contributed by atoms with Gasteiger partial charge in [-0.2, -0.15) is 4.31 Å². The largest absolute Gasteiger partial charge is 0.478 e. The SMILES string of the molecule is COCCN(C)S(=O)(=O)c1cc(Br)c(C)c(C(=O)O)c1. The van der Waals surface area contributed by atoms with E-state index >= 15 is 0 Å². The lowest BCUT2D eigenvalue weighted by Gasteiger charge is -2.18. The molecule has 1 rings (SSSR count). The first kappa shape index (κ1) is 17.1. The van der Waals surface area contributed by atoms with Gasteiger partial charge in [0.15, 0.2) is 0 Å². The topological polar surface area (TPSA) is 83.9 Å². The molecule has 8 heteroatoms. The Kier molecular flexibility index (Phi) is 5.69. The molecule has 0 bridgehead atoms. The van der Waals surface area contributed by atoms with E-state index in [-0.39, 0.29) is 23.6 Å². The first-order valence-electron chi connectivity index (χ1n) is 5.70. The Bertz CT molecular complexity index is 615. The van der Waals surface area contributed by atoms with Crippen LogP contribution in [0, 0.1) is 6.92 Å². The number of carbonyl (C=O) groups is 1. The maximum Gasteiger partial charge on any atom is 0.336 e. The van der Waals surface area contributed by atoms with Crippen LogP contribution in [0.2, 0.25) is 0 Å². The summed E-state index contributed by atoms with van der Waals surface area (Å²) in [6.45, 7) is 2.06. The molecule has 0 saturated carbocycles. The minimum atomic E-state index is -3.75. The average molecular weight is 366 g/mol. The zero-order valence-corrected chi connectivity index (χ0v) is 13.8. The van der Waals surface area contributed by atoms with Crippen LogP contribution < -0.4 is 0 Å². The van der Waals surface area contributed by atoms with E-state index in [1.165, 1.54) is 26.3 Å². The average Bonchev–Trinajstić information content (AvgIpc) is 2.38. The molecular weight excluding hydrogens is 350 g/mol. The highest BCUT2D eigenvalue weighted by molar-refractivity contribution is 9.10. The summed E-state index contributed by atoms with van der Waals surface area (Å²) in [7, 11) is -0.850. The van der Waals surface area contributed by atoms with Gasteiger partial charge >= 0.3 is 5.97 Å². The third kappa shape index (κ3) is 3.57. The van der Waals surface area contributed by atoms with Crippen molar-refractivity contribution in [3.8, 4) is 0 Å². The summed E-state index contributed by atoms with van der Waals surface area (Å²) in [4.78, 5) is 11.1. The first-order chi connectivity index (χ1) is 9.21. The van der Waals surface area contributed by atoms with Gasteiger partial charge in [-0.25, -0.2) is 13.2 Å². The molecule has 1 aromatic carbocycles. The minimum absolute atomic E-state index is 0.0434. The fourth-order valence-electron chi connectivity index (χ4n) is 1.55. The Morgan fingerprint density at radius 1 is 1.45 bits per heavy atom. The first-order valence-corrected chi connectivity index (χ1v) is 7.93. The molecule has 0 spiro atoms. The molecule has 0 aromatic heterocycles. The van der Waals surface area contributed by atoms with E-state index in [0.717, 1.165) is 4.31 Å². The molecule has 0 unspecified atom stereocenters. The molecule has 0 radical (unpaired) electrons. The normalized spacial score (nSPS) is 11.8. The van der Waals surface area contributed by atoms with Crippen molar-refractivity contribution in [1.82, 2.24) is 4.31 Å². The van der Waals surface area contributed by atoms with Crippen LogP contribution in [0.15, 0.2) is 21.5 Å². The number of nitrogens with zero attached hydrogens (tertiary/aromatic N) is 1. The molecule has 0 saturated heterocycles. The van der Waals surface area contributed by atoms with E-state index in [2.05, 4.69) is 15.9 Å². The summed E-state index contributed by atoms with van der Waals surface area (Å²) in [5.41, 5.74) is 0.439. The maximum atomic E-state index is 12.3. The number of aromatic carboxylic acids is 1. The molecular formula is C12H16BrNO5S. The van der Waals surface area contributed by atoms with E-state index < -0.39 is 16.0 Å². The van der Waals surface area contributed by atoms with Gasteiger partial charge in [-0.15, -0.1) is 0 Å². The van der Waals surface area contributed by atoms with Crippen molar-refractivity contribution in [1.29, 1.82) is 0 Å². The van der Waals surface area contributed by atoms with Gasteiger partial charge in [-0.1, -0.05) is 15.9 Å². The molecule has 0 heterocycles. The van der Waals surface area contributed by atoms with E-state index in [1.807, 2.05) is 0 Å². The molecule has 0 fully saturated rings. The lowest BCUT2D eigenvalue weighted by molar-refractivity contribution is 0.0695. The van der Waals surface area contributed by atoms with Gasteiger partial charge in [0.1, 0.15) is 0 Å². The summed E-state index contributed by atoms with van der Waals surface area (Å²) in [5, 5.41) is 9.11. The number of methoxy groups -OCH3 is 1. The molecule has 0 amide bonds. The quantitative estimate of drug-likeness (QED) is 0.829. The molecule has 6 nitrogen and oxygen atoms in total. The Morgan fingerprint density at radius 3 is 2.55 bits per heavy atom. The van der Waals surface area contributed by atoms with Crippen molar-refractivity contribution in [2.24, 2.45) is 0 Å². The van der Waals surface area contributed by atoms with Gasteiger partial charge in [-0.3, -0.25) is 0 Å². The summed E-state index contributed by atoms with van der Waals surface area (Å²) in [6.07, 6.45) is 0. The van der Waals surface area contributed by atoms with Crippen LogP contribution in [-0.4, -0.2) is 51.1 Å². The monoisotopic (exact) mass is 365 g/mol. The molecule has 0 aliphatic rings. The van der Waals surface area contributed by atoms with E-state index in [9.17, 15) is 13.2 Å². The number of sulfonamides is 1. The van der Waals surface area contributed by atoms with E-state index in [1.54, 1.807) is 6.92 Å². The summed E-state index contributed by atoms with van der Waals surface area (Å²) in [6, 6.07) is 2.57. The van der Waals surface area contributed by atoms with Gasteiger partial charge < -0.3 is 9.84 Å². The Hall–Kier alpha value is -0.960. The smallest absolute Gasteiger partial charge is 0.336 e. The van der Waals surface area contributed by atoms with E-state index in [0.29, 0.717) is 10.0 Å². The van der Waals surface area contributed by atoms with Crippen LogP contribution in [0.25, 0.3) is 0 Å². The Morgan fingerprint density at radius 2 is 2.05 bits per heavy atom. The van der Waals surface area contributed by atoms with Crippen molar-refractivity contribution in [2.75, 3.05) is 27.3 Å². The molecule has 1 N–H and O–H groups in total. The molecule has 20 heavy (non-hydrogen) atoms. The van der Waals surface area contributed by atoms with Crippen molar-refractivity contribution >= 4 is 31.9 Å². The van der Waals surface area contributed by atoms with Crippen LogP contribution >= 0.6 is 15.9 Å². The number of hydrogen-bond donors (Lipinski definition) is 1. The van der Waals surface area contributed by atoms with Gasteiger partial charge in [0, 0.05) is 25.2 Å². The summed E-state index contributed by atoms with van der Waals surface area (Å²) in [5.74, 6) is -1.17. The lowest BCUT2D eigenvalue weighted by Crippen LogP contribution is -2.30. The zero-order valence-electron chi connectivity index (χ0n) is 11.4. The molecule has 0 atom stereocenters. The van der Waals surface area contributed by atoms with Crippen molar-refractivity contribution < 1.29 is 23.1 Å². The van der Waals surface area contributed by atoms with Crippen LogP contribution in [-0.2, 0) is 14.8 Å². The van der Waals surface area contributed by atoms with Gasteiger partial charge in [0.2, 0.25) is 10.0 Å². The number of rotatable bonds is 6. The summed E-state index contributed by atoms with van der Waals surface area (Å²) >= 11 is 3.19. The van der Waals surface area contributed by atoms with Crippen molar-refractivity contribution in [3.05, 3.63) is 27.7 Å². The molecule has 1 aromatic rings. The highest BCUT2D eigenvalue weighted by atomic mass is 79.9. The third-order valence-electron chi connectivity index (χ3n) is 2.87. The Labute approximate surface area is 126 Å². The van der Waals surface area contributed by atoms with Crippen LogP contribution in [0.4, 0.5) is 0 Å². The van der Waals surface area contributed by atoms with Gasteiger partial charge in [-0.05, 0) is 24.6 Å². The second kappa shape index (κ2) is 6.66. The number of carboxylic acid groups (broad SMARTS) is 1. The standard InChI is InChI=1S/C12H16BrNO5S/c1-8-10(12(15)16)6-9(7-11(8)13)20(17,18)14(2)4-5-19-3/h6-7H,4-5H2,1-3H3,(H,15,16). The number of ether oxygens (including phenoxy) is 1. The second-order valence-corrected chi connectivity index (χ2v) is 7.10. The fourth-order valence-corrected chi connectivity index (χ4v) is 3.37. The minimum Gasteiger partial charge on any atom is -0.478 e. The zero-order chi connectivity index (χ0) is 15.5. The molecule has 112 valence electrons. The molecule has 0 aliphatic heterocycles. The van der Waals surface area contributed by atoms with Crippen LogP contribution in [0.3, 0.4) is 0 Å². The number of hydrogen-bond acceptors (Lipinski definition) is 4. The third-order valence-corrected chi connectivity index (χ3v) is 5.53. The summed E-state index contributed by atoms with van der Waals surface area (Å²) < 4.78 is 31.1. The predicted octanol–water partition coefficient (Wildman–Crippen LogP) is 1.72. The number of benzene rings is 1. The van der Waals surface area contributed by atoms with E-state index in [4.69, 9.17) is 9.84 Å². The highest BCUT2D eigenvalue weighted by Crippen LogP contribution is 2.26. The second-order valence-electron chi connectivity index (χ2n) is 4.20. The van der Waals surface area contributed by atoms with Crippen LogP contribution in [0.1, 0.15) is 15.9 Å². The fraction of sp³-hybridized carbons (Fsp3) is 0.417. The number of halogens is 1. The number of likely N-dealkylation sites (N-methyl/N-ethyl adjacent to an activating group) is 1. The van der Waals surface area contributed by atoms with Crippen molar-refractivity contribution in [3.63, 3.8) is 0 Å². The van der Waals surface area contributed by atoms with Crippen molar-refractivity contribution in [2.45, 2.75) is 11.8 Å². The number of carboxylic acids is 1. The van der Waals surface area contributed by atoms with Crippen LogP contribution in [0.5, 0.6) is 0 Å². The highest BCUT2D eigenvalue weighted by Gasteiger charge is 2.23.